The van der Waals surface area contributed by atoms with Crippen molar-refractivity contribution in [2.24, 2.45) is 11.7 Å². The van der Waals surface area contributed by atoms with E-state index in [4.69, 9.17) is 5.73 Å². The standard InChI is InChI=1S/C20H26N2/c1-15(2)19(21)20-18(17-11-7-4-8-12-17)14-22(20)13-16-9-5-3-6-10-16/h3-12,15,18-20H,13-14,21H2,1-2H3/t18-,19-,20+/m0/s1. The molecule has 0 aliphatic carbocycles. The van der Waals surface area contributed by atoms with Gasteiger partial charge in [-0.2, -0.15) is 0 Å². The van der Waals surface area contributed by atoms with Gasteiger partial charge in [0.2, 0.25) is 0 Å². The molecule has 2 heteroatoms. The number of hydrogen-bond acceptors (Lipinski definition) is 2. The van der Waals surface area contributed by atoms with Gasteiger partial charge in [0.25, 0.3) is 0 Å². The zero-order valence-corrected chi connectivity index (χ0v) is 13.5. The zero-order chi connectivity index (χ0) is 15.5. The van der Waals surface area contributed by atoms with Crippen LogP contribution in [0.1, 0.15) is 30.9 Å². The van der Waals surface area contributed by atoms with Crippen LogP contribution in [0.25, 0.3) is 0 Å². The highest BCUT2D eigenvalue weighted by Crippen LogP contribution is 2.38. The van der Waals surface area contributed by atoms with Crippen LogP contribution in [0.15, 0.2) is 60.7 Å². The molecule has 0 unspecified atom stereocenters. The Morgan fingerprint density at radius 2 is 1.59 bits per heavy atom. The zero-order valence-electron chi connectivity index (χ0n) is 13.5. The molecule has 2 aromatic rings. The van der Waals surface area contributed by atoms with E-state index in [1.807, 2.05) is 0 Å². The number of hydrogen-bond donors (Lipinski definition) is 1. The summed E-state index contributed by atoms with van der Waals surface area (Å²) in [6.07, 6.45) is 0. The number of nitrogens with two attached hydrogens (primary N) is 1. The van der Waals surface area contributed by atoms with Crippen LogP contribution in [0.4, 0.5) is 0 Å². The quantitative estimate of drug-likeness (QED) is 0.912. The molecule has 0 spiro atoms. The number of benzene rings is 2. The van der Waals surface area contributed by atoms with Crippen molar-refractivity contribution in [2.45, 2.75) is 38.4 Å². The molecule has 22 heavy (non-hydrogen) atoms. The van der Waals surface area contributed by atoms with Crippen molar-refractivity contribution < 1.29 is 0 Å². The van der Waals surface area contributed by atoms with Gasteiger partial charge in [0.05, 0.1) is 0 Å². The minimum Gasteiger partial charge on any atom is -0.326 e. The number of likely N-dealkylation sites (tertiary alicyclic amines) is 1. The third-order valence-electron chi connectivity index (χ3n) is 4.89. The summed E-state index contributed by atoms with van der Waals surface area (Å²) in [5, 5.41) is 0. The SMILES string of the molecule is CC(C)[C@H](N)[C@H]1[C@H](c2ccccc2)CN1Cc1ccccc1. The van der Waals surface area contributed by atoms with Crippen molar-refractivity contribution in [1.29, 1.82) is 0 Å². The second kappa shape index (κ2) is 6.64. The van der Waals surface area contributed by atoms with Gasteiger partial charge >= 0.3 is 0 Å². The molecule has 0 amide bonds. The minimum absolute atomic E-state index is 0.211. The van der Waals surface area contributed by atoms with Crippen LogP contribution in [0.2, 0.25) is 0 Å². The molecule has 0 saturated carbocycles. The fraction of sp³-hybridized carbons (Fsp3) is 0.400. The Bertz CT molecular complexity index is 579. The van der Waals surface area contributed by atoms with Gasteiger partial charge in [-0.1, -0.05) is 74.5 Å². The van der Waals surface area contributed by atoms with Crippen molar-refractivity contribution in [3.05, 3.63) is 71.8 Å². The molecule has 0 bridgehead atoms. The summed E-state index contributed by atoms with van der Waals surface area (Å²) < 4.78 is 0. The maximum atomic E-state index is 6.55. The van der Waals surface area contributed by atoms with E-state index in [1.54, 1.807) is 0 Å². The predicted molar refractivity (Wildman–Crippen MR) is 92.6 cm³/mol. The minimum atomic E-state index is 0.211. The van der Waals surface area contributed by atoms with Gasteiger partial charge in [-0.05, 0) is 17.0 Å². The molecule has 1 fully saturated rings. The summed E-state index contributed by atoms with van der Waals surface area (Å²) in [5.74, 6) is 1.05. The van der Waals surface area contributed by atoms with E-state index in [1.165, 1.54) is 11.1 Å². The average Bonchev–Trinajstić information content (AvgIpc) is 2.52. The monoisotopic (exact) mass is 294 g/mol. The van der Waals surface area contributed by atoms with Crippen molar-refractivity contribution >= 4 is 0 Å². The summed E-state index contributed by atoms with van der Waals surface area (Å²) in [6.45, 7) is 6.55. The molecule has 2 aromatic carbocycles. The summed E-state index contributed by atoms with van der Waals surface area (Å²) in [4.78, 5) is 2.54. The fourth-order valence-corrected chi connectivity index (χ4v) is 3.50. The van der Waals surface area contributed by atoms with E-state index in [-0.39, 0.29) is 6.04 Å². The van der Waals surface area contributed by atoms with Crippen molar-refractivity contribution in [3.63, 3.8) is 0 Å². The van der Waals surface area contributed by atoms with Crippen LogP contribution in [0.5, 0.6) is 0 Å². The van der Waals surface area contributed by atoms with E-state index in [2.05, 4.69) is 79.4 Å². The second-order valence-electron chi connectivity index (χ2n) is 6.74. The molecule has 1 saturated heterocycles. The molecule has 2 N–H and O–H groups in total. The third kappa shape index (κ3) is 3.08. The van der Waals surface area contributed by atoms with Crippen LogP contribution in [-0.4, -0.2) is 23.5 Å². The van der Waals surface area contributed by atoms with Crippen LogP contribution in [0, 0.1) is 5.92 Å². The lowest BCUT2D eigenvalue weighted by atomic mass is 9.75. The van der Waals surface area contributed by atoms with E-state index >= 15 is 0 Å². The van der Waals surface area contributed by atoms with Gasteiger partial charge in [-0.15, -0.1) is 0 Å². The van der Waals surface area contributed by atoms with E-state index in [0.717, 1.165) is 13.1 Å². The molecule has 1 aliphatic rings. The Labute approximate surface area is 134 Å². The molecule has 0 radical (unpaired) electrons. The topological polar surface area (TPSA) is 29.3 Å². The Morgan fingerprint density at radius 1 is 1.00 bits per heavy atom. The summed E-state index contributed by atoms with van der Waals surface area (Å²) >= 11 is 0. The molecule has 116 valence electrons. The highest BCUT2D eigenvalue weighted by molar-refractivity contribution is 5.27. The molecule has 0 aromatic heterocycles. The van der Waals surface area contributed by atoms with Crippen molar-refractivity contribution in [1.82, 2.24) is 4.90 Å². The molecule has 2 nitrogen and oxygen atoms in total. The van der Waals surface area contributed by atoms with Crippen LogP contribution < -0.4 is 5.73 Å². The van der Waals surface area contributed by atoms with E-state index < -0.39 is 0 Å². The maximum Gasteiger partial charge on any atom is 0.0334 e. The van der Waals surface area contributed by atoms with Crippen LogP contribution in [0.3, 0.4) is 0 Å². The highest BCUT2D eigenvalue weighted by atomic mass is 15.2. The fourth-order valence-electron chi connectivity index (χ4n) is 3.50. The predicted octanol–water partition coefficient (Wildman–Crippen LogP) is 3.64. The second-order valence-corrected chi connectivity index (χ2v) is 6.74. The van der Waals surface area contributed by atoms with Crippen molar-refractivity contribution in [3.8, 4) is 0 Å². The Kier molecular flexibility index (Phi) is 4.60. The Balaban J connectivity index is 1.77. The summed E-state index contributed by atoms with van der Waals surface area (Å²) in [7, 11) is 0. The first-order chi connectivity index (χ1) is 10.7. The summed E-state index contributed by atoms with van der Waals surface area (Å²) in [6, 6.07) is 22.2. The van der Waals surface area contributed by atoms with Crippen LogP contribution in [-0.2, 0) is 6.54 Å². The lowest BCUT2D eigenvalue weighted by Gasteiger charge is -2.52. The highest BCUT2D eigenvalue weighted by Gasteiger charge is 2.43. The molecule has 1 aliphatic heterocycles. The van der Waals surface area contributed by atoms with E-state index in [0.29, 0.717) is 17.9 Å². The molecule has 3 rings (SSSR count). The first-order valence-electron chi connectivity index (χ1n) is 8.25. The largest absolute Gasteiger partial charge is 0.326 e. The van der Waals surface area contributed by atoms with Gasteiger partial charge in [-0.25, -0.2) is 0 Å². The lowest BCUT2D eigenvalue weighted by molar-refractivity contribution is 0.0221. The molecule has 3 atom stereocenters. The third-order valence-corrected chi connectivity index (χ3v) is 4.89. The molecular weight excluding hydrogens is 268 g/mol. The van der Waals surface area contributed by atoms with Gasteiger partial charge in [0.15, 0.2) is 0 Å². The van der Waals surface area contributed by atoms with E-state index in [9.17, 15) is 0 Å². The number of rotatable bonds is 5. The normalized spacial score (nSPS) is 23.3. The van der Waals surface area contributed by atoms with Gasteiger partial charge in [0, 0.05) is 31.1 Å². The van der Waals surface area contributed by atoms with Gasteiger partial charge < -0.3 is 5.73 Å². The lowest BCUT2D eigenvalue weighted by Crippen LogP contribution is -2.63. The van der Waals surface area contributed by atoms with Crippen LogP contribution >= 0.6 is 0 Å². The smallest absolute Gasteiger partial charge is 0.0334 e. The molecule has 1 heterocycles. The first kappa shape index (κ1) is 15.3. The van der Waals surface area contributed by atoms with Gasteiger partial charge in [-0.3, -0.25) is 4.90 Å². The Morgan fingerprint density at radius 3 is 2.18 bits per heavy atom. The van der Waals surface area contributed by atoms with Gasteiger partial charge in [0.1, 0.15) is 0 Å². The number of nitrogens with zero attached hydrogens (tertiary/aromatic N) is 1. The molecular formula is C20H26N2. The Hall–Kier alpha value is -1.64. The first-order valence-corrected chi connectivity index (χ1v) is 8.25. The summed E-state index contributed by atoms with van der Waals surface area (Å²) in [5.41, 5.74) is 9.35. The average molecular weight is 294 g/mol. The maximum absolute atomic E-state index is 6.55. The van der Waals surface area contributed by atoms with Crippen molar-refractivity contribution in [2.75, 3.05) is 6.54 Å².